The Bertz CT molecular complexity index is 400. The van der Waals surface area contributed by atoms with Crippen molar-refractivity contribution in [3.8, 4) is 0 Å². The molecule has 0 radical (unpaired) electrons. The third-order valence-electron chi connectivity index (χ3n) is 2.58. The molecular weight excluding hydrogens is 240 g/mol. The fourth-order valence-electron chi connectivity index (χ4n) is 1.49. The molecule has 0 aliphatic carbocycles. The molecule has 0 heterocycles. The van der Waals surface area contributed by atoms with E-state index in [0.29, 0.717) is 0 Å². The van der Waals surface area contributed by atoms with Crippen molar-refractivity contribution in [3.05, 3.63) is 53.5 Å². The molecule has 0 saturated heterocycles. The van der Waals surface area contributed by atoms with Crippen LogP contribution in [0.25, 0.3) is 0 Å². The highest BCUT2D eigenvalue weighted by atomic mass is 32.2. The van der Waals surface area contributed by atoms with Gasteiger partial charge in [-0.15, -0.1) is 0 Å². The highest BCUT2D eigenvalue weighted by Gasteiger charge is 2.14. The predicted molar refractivity (Wildman–Crippen MR) is 80.7 cm³/mol. The molecule has 1 rings (SSSR count). The van der Waals surface area contributed by atoms with E-state index in [0.717, 1.165) is 12.8 Å². The van der Waals surface area contributed by atoms with Gasteiger partial charge in [-0.25, -0.2) is 0 Å². The van der Waals surface area contributed by atoms with E-state index in [2.05, 4.69) is 32.1 Å². The number of hydrogen-bond donors (Lipinski definition) is 1. The van der Waals surface area contributed by atoms with Gasteiger partial charge in [0.05, 0.1) is 5.60 Å². The van der Waals surface area contributed by atoms with Gasteiger partial charge in [0.2, 0.25) is 0 Å². The van der Waals surface area contributed by atoms with E-state index < -0.39 is 5.60 Å². The molecule has 2 heteroatoms. The monoisotopic (exact) mass is 262 g/mol. The van der Waals surface area contributed by atoms with Crippen LogP contribution in [0.3, 0.4) is 0 Å². The summed E-state index contributed by atoms with van der Waals surface area (Å²) < 4.78 is 0. The van der Waals surface area contributed by atoms with Crippen LogP contribution in [0.1, 0.15) is 33.6 Å². The largest absolute Gasteiger partial charge is 0.386 e. The lowest BCUT2D eigenvalue weighted by atomic mass is 10.00. The first-order chi connectivity index (χ1) is 8.49. The van der Waals surface area contributed by atoms with Crippen LogP contribution in [0.15, 0.2) is 58.4 Å². The number of aliphatic hydroxyl groups is 1. The van der Waals surface area contributed by atoms with Gasteiger partial charge in [0.1, 0.15) is 0 Å². The molecular formula is C16H22OS. The Hall–Kier alpha value is -0.990. The van der Waals surface area contributed by atoms with Crippen molar-refractivity contribution in [3.63, 3.8) is 0 Å². The van der Waals surface area contributed by atoms with Crippen molar-refractivity contribution in [1.82, 2.24) is 0 Å². The van der Waals surface area contributed by atoms with Crippen molar-refractivity contribution >= 4 is 11.8 Å². The minimum absolute atomic E-state index is 0.728. The highest BCUT2D eigenvalue weighted by Crippen LogP contribution is 2.22. The second-order valence-corrected chi connectivity index (χ2v) is 5.89. The van der Waals surface area contributed by atoms with Crippen LogP contribution in [0.2, 0.25) is 0 Å². The summed E-state index contributed by atoms with van der Waals surface area (Å²) in [5, 5.41) is 12.1. The zero-order valence-electron chi connectivity index (χ0n) is 11.4. The van der Waals surface area contributed by atoms with Crippen molar-refractivity contribution in [2.45, 2.75) is 44.1 Å². The van der Waals surface area contributed by atoms with Crippen LogP contribution in [0, 0.1) is 0 Å². The van der Waals surface area contributed by atoms with Gasteiger partial charge in [0, 0.05) is 4.90 Å². The number of hydrogen-bond acceptors (Lipinski definition) is 2. The van der Waals surface area contributed by atoms with Crippen LogP contribution in [0.5, 0.6) is 0 Å². The molecule has 0 spiro atoms. The molecule has 18 heavy (non-hydrogen) atoms. The average molecular weight is 262 g/mol. The summed E-state index contributed by atoms with van der Waals surface area (Å²) in [5.41, 5.74) is 0.571. The van der Waals surface area contributed by atoms with E-state index in [4.69, 9.17) is 0 Å². The molecule has 0 saturated carbocycles. The molecule has 1 aromatic carbocycles. The molecule has 0 amide bonds. The van der Waals surface area contributed by atoms with Gasteiger partial charge in [0.15, 0.2) is 0 Å². The van der Waals surface area contributed by atoms with Gasteiger partial charge in [-0.3, -0.25) is 0 Å². The Morgan fingerprint density at radius 3 is 2.56 bits per heavy atom. The first kappa shape index (κ1) is 15.1. The van der Waals surface area contributed by atoms with Gasteiger partial charge < -0.3 is 5.11 Å². The third kappa shape index (κ3) is 6.67. The molecule has 0 aliphatic heterocycles. The number of thioether (sulfide) groups is 1. The fourth-order valence-corrected chi connectivity index (χ4v) is 2.33. The van der Waals surface area contributed by atoms with Crippen molar-refractivity contribution < 1.29 is 5.11 Å². The molecule has 0 aromatic heterocycles. The Morgan fingerprint density at radius 1 is 1.28 bits per heavy atom. The summed E-state index contributed by atoms with van der Waals surface area (Å²) in [6, 6.07) is 10.2. The van der Waals surface area contributed by atoms with Crippen molar-refractivity contribution in [1.29, 1.82) is 0 Å². The second-order valence-electron chi connectivity index (χ2n) is 4.91. The molecule has 1 atom stereocenters. The summed E-state index contributed by atoms with van der Waals surface area (Å²) in [5.74, 6) is 0. The minimum Gasteiger partial charge on any atom is -0.386 e. The molecule has 1 nitrogen and oxygen atoms in total. The van der Waals surface area contributed by atoms with E-state index in [1.165, 1.54) is 10.5 Å². The normalized spacial score (nSPS) is 14.4. The zero-order valence-corrected chi connectivity index (χ0v) is 12.2. The fraction of sp³-hybridized carbons (Fsp3) is 0.375. The summed E-state index contributed by atoms with van der Waals surface area (Å²) in [4.78, 5) is 1.19. The third-order valence-corrected chi connectivity index (χ3v) is 3.39. The minimum atomic E-state index is -0.728. The van der Waals surface area contributed by atoms with E-state index in [9.17, 15) is 5.11 Å². The number of allylic oxidation sites excluding steroid dienone is 2. The summed E-state index contributed by atoms with van der Waals surface area (Å²) >= 11 is 1.63. The second kappa shape index (κ2) is 7.45. The summed E-state index contributed by atoms with van der Waals surface area (Å²) in [7, 11) is 0. The lowest BCUT2D eigenvalue weighted by Gasteiger charge is -2.17. The lowest BCUT2D eigenvalue weighted by Crippen LogP contribution is -2.19. The van der Waals surface area contributed by atoms with Gasteiger partial charge in [-0.1, -0.05) is 41.6 Å². The van der Waals surface area contributed by atoms with E-state index in [1.807, 2.05) is 36.6 Å². The molecule has 1 N–H and O–H groups in total. The maximum absolute atomic E-state index is 10.2. The van der Waals surface area contributed by atoms with Crippen LogP contribution >= 0.6 is 11.8 Å². The standard InChI is InChI=1S/C16H22OS/c1-14(2)8-7-11-16(3,17)12-13-18-15-9-5-4-6-10-15/h4-6,8-10,12-13,17H,7,11H2,1-3H3/b13-12+/t16-/m0/s1. The first-order valence-corrected chi connectivity index (χ1v) is 7.13. The summed E-state index contributed by atoms with van der Waals surface area (Å²) in [6.07, 6.45) is 5.70. The number of rotatable bonds is 6. The van der Waals surface area contributed by atoms with Crippen LogP contribution in [-0.4, -0.2) is 10.7 Å². The highest BCUT2D eigenvalue weighted by molar-refractivity contribution is 8.02. The maximum Gasteiger partial charge on any atom is 0.0810 e. The molecule has 0 aliphatic rings. The Kier molecular flexibility index (Phi) is 6.23. The Labute approximate surface area is 115 Å². The quantitative estimate of drug-likeness (QED) is 0.587. The van der Waals surface area contributed by atoms with Gasteiger partial charge in [0.25, 0.3) is 0 Å². The molecule has 0 fully saturated rings. The van der Waals surface area contributed by atoms with E-state index >= 15 is 0 Å². The summed E-state index contributed by atoms with van der Waals surface area (Å²) in [6.45, 7) is 6.01. The van der Waals surface area contributed by atoms with Gasteiger partial charge in [-0.05, 0) is 57.2 Å². The van der Waals surface area contributed by atoms with E-state index in [-0.39, 0.29) is 0 Å². The topological polar surface area (TPSA) is 20.2 Å². The molecule has 1 aromatic rings. The average Bonchev–Trinajstić information content (AvgIpc) is 2.29. The Balaban J connectivity index is 2.42. The van der Waals surface area contributed by atoms with Crippen LogP contribution < -0.4 is 0 Å². The molecule has 0 bridgehead atoms. The van der Waals surface area contributed by atoms with Crippen LogP contribution in [0.4, 0.5) is 0 Å². The van der Waals surface area contributed by atoms with Crippen molar-refractivity contribution in [2.24, 2.45) is 0 Å². The zero-order chi connectivity index (χ0) is 13.4. The molecule has 0 unspecified atom stereocenters. The van der Waals surface area contributed by atoms with E-state index in [1.54, 1.807) is 11.8 Å². The lowest BCUT2D eigenvalue weighted by molar-refractivity contribution is 0.103. The van der Waals surface area contributed by atoms with Crippen molar-refractivity contribution in [2.75, 3.05) is 0 Å². The number of benzene rings is 1. The van der Waals surface area contributed by atoms with Crippen LogP contribution in [-0.2, 0) is 0 Å². The first-order valence-electron chi connectivity index (χ1n) is 6.25. The van der Waals surface area contributed by atoms with Gasteiger partial charge in [-0.2, -0.15) is 0 Å². The molecule has 98 valence electrons. The van der Waals surface area contributed by atoms with Gasteiger partial charge >= 0.3 is 0 Å². The maximum atomic E-state index is 10.2. The SMILES string of the molecule is CC(C)=CCC[C@](C)(O)/C=C/Sc1ccccc1. The smallest absolute Gasteiger partial charge is 0.0810 e. The Morgan fingerprint density at radius 2 is 1.94 bits per heavy atom. The predicted octanol–water partition coefficient (Wildman–Crippen LogP) is 4.79.